The molecule has 0 radical (unpaired) electrons. The number of rotatable bonds is 4. The maximum absolute atomic E-state index is 5.05. The number of nitrogens with two attached hydrogens (primary N) is 2. The summed E-state index contributed by atoms with van der Waals surface area (Å²) in [6.45, 7) is 0.857. The molecule has 11 heavy (non-hydrogen) atoms. The Morgan fingerprint density at radius 3 is 1.64 bits per heavy atom. The van der Waals surface area contributed by atoms with Crippen molar-refractivity contribution >= 4 is 34.8 Å². The van der Waals surface area contributed by atoms with Gasteiger partial charge in [-0.3, -0.25) is 0 Å². The van der Waals surface area contributed by atoms with E-state index < -0.39 is 0 Å². The van der Waals surface area contributed by atoms with Crippen LogP contribution >= 0.6 is 24.4 Å². The molecule has 0 aromatic carbocycles. The van der Waals surface area contributed by atoms with Crippen molar-refractivity contribution in [3.8, 4) is 0 Å². The Kier molecular flexibility index (Phi) is 5.77. The smallest absolute Gasteiger partial charge is 0.253 e. The molecule has 0 aliphatic carbocycles. The molecule has 6 heteroatoms. The lowest BCUT2D eigenvalue weighted by Crippen LogP contribution is -2.17. The lowest BCUT2D eigenvalue weighted by Gasteiger charge is -2.03. The van der Waals surface area contributed by atoms with Crippen LogP contribution in [0.1, 0.15) is 6.42 Å². The van der Waals surface area contributed by atoms with Gasteiger partial charge in [0.2, 0.25) is 0 Å². The molecule has 0 bridgehead atoms. The Hall–Kier alpha value is -0.620. The Morgan fingerprint density at radius 2 is 1.36 bits per heavy atom. The van der Waals surface area contributed by atoms with Gasteiger partial charge in [0.25, 0.3) is 10.3 Å². The fourth-order valence-electron chi connectivity index (χ4n) is 0.404. The Bertz CT molecular complexity index is 135. The SMILES string of the molecule is NC(=S)OCCCOC(N)=S. The van der Waals surface area contributed by atoms with Gasteiger partial charge in [-0.15, -0.1) is 0 Å². The summed E-state index contributed by atoms with van der Waals surface area (Å²) in [6.07, 6.45) is 0.661. The summed E-state index contributed by atoms with van der Waals surface area (Å²) in [5.74, 6) is 0. The standard InChI is InChI=1S/C5H10N2O2S2/c6-4(10)8-2-1-3-9-5(7)11/h1-3H2,(H2,6,10)(H2,7,11). The van der Waals surface area contributed by atoms with Gasteiger partial charge in [0.15, 0.2) is 0 Å². The predicted octanol–water partition coefficient (Wildman–Crippen LogP) is -0.103. The molecule has 0 unspecified atom stereocenters. The van der Waals surface area contributed by atoms with Crippen molar-refractivity contribution in [3.63, 3.8) is 0 Å². The van der Waals surface area contributed by atoms with E-state index in [1.165, 1.54) is 0 Å². The number of hydrogen-bond donors (Lipinski definition) is 2. The third kappa shape index (κ3) is 9.38. The highest BCUT2D eigenvalue weighted by molar-refractivity contribution is 7.80. The van der Waals surface area contributed by atoms with Crippen LogP contribution in [0.2, 0.25) is 0 Å². The molecule has 64 valence electrons. The zero-order valence-corrected chi connectivity index (χ0v) is 7.54. The first kappa shape index (κ1) is 10.4. The Labute approximate surface area is 75.8 Å². The molecule has 0 saturated heterocycles. The van der Waals surface area contributed by atoms with Crippen molar-refractivity contribution in [2.75, 3.05) is 13.2 Å². The van der Waals surface area contributed by atoms with Crippen molar-refractivity contribution in [3.05, 3.63) is 0 Å². The molecule has 0 fully saturated rings. The fourth-order valence-corrected chi connectivity index (χ4v) is 0.571. The third-order valence-corrected chi connectivity index (χ3v) is 1.01. The molecule has 4 nitrogen and oxygen atoms in total. The summed E-state index contributed by atoms with van der Waals surface area (Å²) in [7, 11) is 0. The van der Waals surface area contributed by atoms with E-state index in [-0.39, 0.29) is 10.3 Å². The van der Waals surface area contributed by atoms with Crippen molar-refractivity contribution in [1.82, 2.24) is 0 Å². The molecule has 0 aliphatic heterocycles. The average Bonchev–Trinajstić information content (AvgIpc) is 1.85. The Balaban J connectivity index is 3.03. The van der Waals surface area contributed by atoms with E-state index in [1.807, 2.05) is 0 Å². The van der Waals surface area contributed by atoms with Crippen LogP contribution in [0.5, 0.6) is 0 Å². The quantitative estimate of drug-likeness (QED) is 0.481. The van der Waals surface area contributed by atoms with Crippen LogP contribution in [0.4, 0.5) is 0 Å². The summed E-state index contributed by atoms with van der Waals surface area (Å²) in [6, 6.07) is 0. The lowest BCUT2D eigenvalue weighted by atomic mass is 10.5. The van der Waals surface area contributed by atoms with E-state index in [4.69, 9.17) is 20.9 Å². The Morgan fingerprint density at radius 1 is 1.00 bits per heavy atom. The van der Waals surface area contributed by atoms with E-state index in [1.54, 1.807) is 0 Å². The van der Waals surface area contributed by atoms with Crippen LogP contribution in [-0.2, 0) is 9.47 Å². The number of thiocarbonyl (C=S) groups is 2. The number of ether oxygens (including phenoxy) is 2. The zero-order valence-electron chi connectivity index (χ0n) is 5.91. The van der Waals surface area contributed by atoms with E-state index in [0.717, 1.165) is 0 Å². The number of hydrogen-bond acceptors (Lipinski definition) is 4. The molecule has 0 heterocycles. The second kappa shape index (κ2) is 6.11. The minimum absolute atomic E-state index is 0.0420. The van der Waals surface area contributed by atoms with Gasteiger partial charge in [-0.1, -0.05) is 0 Å². The van der Waals surface area contributed by atoms with Gasteiger partial charge in [-0.05, 0) is 24.4 Å². The van der Waals surface area contributed by atoms with Gasteiger partial charge in [0, 0.05) is 6.42 Å². The summed E-state index contributed by atoms with van der Waals surface area (Å²) in [5.41, 5.74) is 10.1. The van der Waals surface area contributed by atoms with E-state index in [9.17, 15) is 0 Å². The van der Waals surface area contributed by atoms with E-state index in [0.29, 0.717) is 19.6 Å². The molecule has 0 aromatic rings. The van der Waals surface area contributed by atoms with Crippen LogP contribution in [0.3, 0.4) is 0 Å². The lowest BCUT2D eigenvalue weighted by molar-refractivity contribution is 0.237. The van der Waals surface area contributed by atoms with Crippen LogP contribution in [0, 0.1) is 0 Å². The second-order valence-electron chi connectivity index (χ2n) is 1.69. The maximum Gasteiger partial charge on any atom is 0.253 e. The summed E-state index contributed by atoms with van der Waals surface area (Å²) in [4.78, 5) is 0. The molecule has 0 amide bonds. The van der Waals surface area contributed by atoms with Gasteiger partial charge in [0.05, 0.1) is 13.2 Å². The first-order valence-corrected chi connectivity index (χ1v) is 3.79. The monoisotopic (exact) mass is 194 g/mol. The molecule has 0 spiro atoms. The van der Waals surface area contributed by atoms with Crippen molar-refractivity contribution in [2.24, 2.45) is 11.5 Å². The maximum atomic E-state index is 5.05. The normalized spacial score (nSPS) is 8.73. The van der Waals surface area contributed by atoms with Gasteiger partial charge in [-0.25, -0.2) is 0 Å². The highest BCUT2D eigenvalue weighted by atomic mass is 32.1. The van der Waals surface area contributed by atoms with Crippen LogP contribution in [0.15, 0.2) is 0 Å². The molecular weight excluding hydrogens is 184 g/mol. The molecule has 0 aliphatic rings. The first-order chi connectivity index (χ1) is 5.13. The van der Waals surface area contributed by atoms with Gasteiger partial charge in [0.1, 0.15) is 0 Å². The van der Waals surface area contributed by atoms with Gasteiger partial charge >= 0.3 is 0 Å². The molecule has 0 atom stereocenters. The molecule has 0 saturated carbocycles. The molecule has 4 N–H and O–H groups in total. The summed E-state index contributed by atoms with van der Waals surface area (Å²) >= 11 is 8.92. The van der Waals surface area contributed by atoms with Crippen molar-refractivity contribution in [2.45, 2.75) is 6.42 Å². The first-order valence-electron chi connectivity index (χ1n) is 2.97. The van der Waals surface area contributed by atoms with Crippen LogP contribution in [-0.4, -0.2) is 23.6 Å². The van der Waals surface area contributed by atoms with Crippen molar-refractivity contribution in [1.29, 1.82) is 0 Å². The van der Waals surface area contributed by atoms with Crippen LogP contribution in [0.25, 0.3) is 0 Å². The molecule has 0 rings (SSSR count). The summed E-state index contributed by atoms with van der Waals surface area (Å²) in [5, 5.41) is 0.0839. The van der Waals surface area contributed by atoms with Gasteiger partial charge in [-0.2, -0.15) is 0 Å². The van der Waals surface area contributed by atoms with Gasteiger partial charge < -0.3 is 20.9 Å². The van der Waals surface area contributed by atoms with Crippen LogP contribution < -0.4 is 11.5 Å². The molecule has 0 aromatic heterocycles. The minimum Gasteiger partial charge on any atom is -0.471 e. The fraction of sp³-hybridized carbons (Fsp3) is 0.600. The second-order valence-corrected chi connectivity index (χ2v) is 2.49. The minimum atomic E-state index is 0.0420. The topological polar surface area (TPSA) is 70.5 Å². The predicted molar refractivity (Wildman–Crippen MR) is 50.1 cm³/mol. The highest BCUT2D eigenvalue weighted by Crippen LogP contribution is 1.84. The van der Waals surface area contributed by atoms with E-state index in [2.05, 4.69) is 24.4 Å². The van der Waals surface area contributed by atoms with Crippen molar-refractivity contribution < 1.29 is 9.47 Å². The largest absolute Gasteiger partial charge is 0.471 e. The average molecular weight is 194 g/mol. The third-order valence-electron chi connectivity index (χ3n) is 0.777. The highest BCUT2D eigenvalue weighted by Gasteiger charge is 1.91. The zero-order chi connectivity index (χ0) is 8.69. The molecular formula is C5H10N2O2S2. The van der Waals surface area contributed by atoms with E-state index >= 15 is 0 Å². The summed E-state index contributed by atoms with van der Waals surface area (Å²) < 4.78 is 9.54.